The van der Waals surface area contributed by atoms with Crippen molar-refractivity contribution >= 4 is 21.7 Å². The van der Waals surface area contributed by atoms with E-state index < -0.39 is 31.3 Å². The van der Waals surface area contributed by atoms with E-state index in [2.05, 4.69) is 10.4 Å². The molecule has 1 aromatic heterocycles. The molecular formula is C25H32N6O5S. The van der Waals surface area contributed by atoms with Gasteiger partial charge in [0.25, 0.3) is 11.8 Å². The Labute approximate surface area is 216 Å². The first-order valence-corrected chi connectivity index (χ1v) is 13.6. The second-order valence-electron chi connectivity index (χ2n) is 10.3. The Hall–Kier alpha value is -3.27. The molecule has 37 heavy (non-hydrogen) atoms. The Morgan fingerprint density at radius 2 is 1.97 bits per heavy atom. The van der Waals surface area contributed by atoms with Crippen LogP contribution in [0.25, 0.3) is 0 Å². The average molecular weight is 529 g/mol. The largest absolute Gasteiger partial charge is 0.390 e. The van der Waals surface area contributed by atoms with Crippen molar-refractivity contribution in [1.29, 1.82) is 5.26 Å². The van der Waals surface area contributed by atoms with E-state index in [4.69, 9.17) is 11.0 Å². The molecule has 2 heterocycles. The maximum atomic E-state index is 13.5. The summed E-state index contributed by atoms with van der Waals surface area (Å²) >= 11 is 0. The van der Waals surface area contributed by atoms with Gasteiger partial charge in [-0.1, -0.05) is 12.1 Å². The molecule has 1 saturated carbocycles. The quantitative estimate of drug-likeness (QED) is 0.416. The average Bonchev–Trinajstić information content (AvgIpc) is 3.60. The van der Waals surface area contributed by atoms with Gasteiger partial charge in [0.15, 0.2) is 15.5 Å². The molecule has 0 saturated heterocycles. The number of aromatic nitrogens is 2. The molecule has 11 nitrogen and oxygen atoms in total. The number of nitrogens with one attached hydrogen (secondary N) is 1. The lowest BCUT2D eigenvalue weighted by Crippen LogP contribution is -2.55. The highest BCUT2D eigenvalue weighted by Gasteiger charge is 2.62. The number of sulfone groups is 1. The van der Waals surface area contributed by atoms with E-state index in [0.29, 0.717) is 30.4 Å². The molecule has 4 N–H and O–H groups in total. The normalized spacial score (nSPS) is 17.6. The van der Waals surface area contributed by atoms with E-state index in [1.165, 1.54) is 23.4 Å². The highest BCUT2D eigenvalue weighted by atomic mass is 32.2. The number of rotatable bonds is 9. The number of carbonyl (C=O) groups excluding carboxylic acids is 2. The van der Waals surface area contributed by atoms with Crippen LogP contribution in [0.1, 0.15) is 64.4 Å². The molecule has 198 valence electrons. The van der Waals surface area contributed by atoms with Gasteiger partial charge < -0.3 is 21.1 Å². The second kappa shape index (κ2) is 9.55. The van der Waals surface area contributed by atoms with Crippen LogP contribution in [-0.4, -0.2) is 75.3 Å². The Morgan fingerprint density at radius 1 is 1.32 bits per heavy atom. The number of nitrogens with two attached hydrogens (primary N) is 1. The second-order valence-corrected chi connectivity index (χ2v) is 13.2. The first kappa shape index (κ1) is 26.8. The number of fused-ring (bicyclic) bond motifs is 1. The van der Waals surface area contributed by atoms with Crippen LogP contribution in [0, 0.1) is 11.3 Å². The third-order valence-corrected chi connectivity index (χ3v) is 10.9. The minimum Gasteiger partial charge on any atom is -0.390 e. The van der Waals surface area contributed by atoms with Crippen molar-refractivity contribution in [2.75, 3.05) is 19.6 Å². The number of carbonyl (C=O) groups is 2. The van der Waals surface area contributed by atoms with Crippen molar-refractivity contribution < 1.29 is 23.1 Å². The van der Waals surface area contributed by atoms with E-state index >= 15 is 0 Å². The van der Waals surface area contributed by atoms with Crippen LogP contribution in [0.4, 0.5) is 0 Å². The number of hydrogen-bond acceptors (Lipinski definition) is 8. The van der Waals surface area contributed by atoms with Gasteiger partial charge in [0.05, 0.1) is 27.2 Å². The molecule has 1 fully saturated rings. The summed E-state index contributed by atoms with van der Waals surface area (Å²) in [7, 11) is -2.24. The summed E-state index contributed by atoms with van der Waals surface area (Å²) in [5, 5.41) is 26.3. The molecule has 2 aromatic rings. The maximum Gasteiger partial charge on any atom is 0.272 e. The van der Waals surface area contributed by atoms with Gasteiger partial charge in [-0.3, -0.25) is 14.3 Å². The van der Waals surface area contributed by atoms with Crippen molar-refractivity contribution in [3.63, 3.8) is 0 Å². The summed E-state index contributed by atoms with van der Waals surface area (Å²) in [6.07, 6.45) is -0.0529. The maximum absolute atomic E-state index is 13.5. The smallest absolute Gasteiger partial charge is 0.272 e. The van der Waals surface area contributed by atoms with Crippen molar-refractivity contribution in [2.24, 2.45) is 12.8 Å². The van der Waals surface area contributed by atoms with Crippen LogP contribution in [0.15, 0.2) is 24.3 Å². The standard InChI is InChI=1S/C25H32N6O5S/c1-24(2,19(32)13-27)37(35,36)25(9-10-25)15-31-11-8-18-20(29-30(3)21(18)23(31)34)22(33)28-14-17-6-4-16(12-26)5-7-17/h4-7,19,32H,8-11,13-15,27H2,1-3H3,(H,28,33). The minimum absolute atomic E-state index is 0.0136. The fourth-order valence-corrected chi connectivity index (χ4v) is 7.42. The van der Waals surface area contributed by atoms with Crippen LogP contribution < -0.4 is 11.1 Å². The van der Waals surface area contributed by atoms with Gasteiger partial charge in [0.1, 0.15) is 5.69 Å². The number of benzene rings is 1. The zero-order valence-electron chi connectivity index (χ0n) is 21.2. The number of aryl methyl sites for hydroxylation is 1. The molecule has 12 heteroatoms. The Bertz CT molecular complexity index is 1370. The van der Waals surface area contributed by atoms with Crippen molar-refractivity contribution in [1.82, 2.24) is 20.0 Å². The van der Waals surface area contributed by atoms with Crippen LogP contribution >= 0.6 is 0 Å². The predicted octanol–water partition coefficient (Wildman–Crippen LogP) is 0.266. The topological polar surface area (TPSA) is 171 Å². The first-order valence-electron chi connectivity index (χ1n) is 12.1. The summed E-state index contributed by atoms with van der Waals surface area (Å²) in [5.41, 5.74) is 7.87. The lowest BCUT2D eigenvalue weighted by molar-refractivity contribution is 0.0723. The lowest BCUT2D eigenvalue weighted by atomic mass is 10.0. The Morgan fingerprint density at radius 3 is 2.54 bits per heavy atom. The Balaban J connectivity index is 1.50. The van der Waals surface area contributed by atoms with E-state index in [1.807, 2.05) is 6.07 Å². The Kier molecular flexibility index (Phi) is 6.92. The van der Waals surface area contributed by atoms with Crippen molar-refractivity contribution in [2.45, 2.75) is 55.3 Å². The van der Waals surface area contributed by atoms with Gasteiger partial charge >= 0.3 is 0 Å². The van der Waals surface area contributed by atoms with Gasteiger partial charge in [-0.05, 0) is 50.8 Å². The number of nitriles is 1. The highest BCUT2D eigenvalue weighted by Crippen LogP contribution is 2.50. The van der Waals surface area contributed by atoms with Gasteiger partial charge in [-0.25, -0.2) is 8.42 Å². The molecule has 2 amide bonds. The molecule has 1 aromatic carbocycles. The van der Waals surface area contributed by atoms with E-state index in [0.717, 1.165) is 5.56 Å². The summed E-state index contributed by atoms with van der Waals surface area (Å²) in [6.45, 7) is 3.27. The molecule has 1 aliphatic heterocycles. The zero-order valence-corrected chi connectivity index (χ0v) is 22.0. The lowest BCUT2D eigenvalue weighted by Gasteiger charge is -2.37. The zero-order chi connectivity index (χ0) is 27.2. The van der Waals surface area contributed by atoms with E-state index in [1.54, 1.807) is 31.3 Å². The van der Waals surface area contributed by atoms with Crippen molar-refractivity contribution in [3.05, 3.63) is 52.3 Å². The molecule has 4 rings (SSSR count). The third-order valence-electron chi connectivity index (χ3n) is 7.59. The van der Waals surface area contributed by atoms with Crippen LogP contribution in [0.5, 0.6) is 0 Å². The third kappa shape index (κ3) is 4.52. The predicted molar refractivity (Wildman–Crippen MR) is 135 cm³/mol. The highest BCUT2D eigenvalue weighted by molar-refractivity contribution is 7.94. The molecular weight excluding hydrogens is 496 g/mol. The molecule has 1 aliphatic carbocycles. The van der Waals surface area contributed by atoms with Gasteiger partial charge in [-0.2, -0.15) is 10.4 Å². The monoisotopic (exact) mass is 528 g/mol. The molecule has 0 spiro atoms. The van der Waals surface area contributed by atoms with Gasteiger partial charge in [-0.15, -0.1) is 0 Å². The summed E-state index contributed by atoms with van der Waals surface area (Å²) in [5.74, 6) is -0.790. The number of aliphatic hydroxyl groups is 1. The number of nitrogens with zero attached hydrogens (tertiary/aromatic N) is 4. The molecule has 1 atom stereocenters. The van der Waals surface area contributed by atoms with Crippen molar-refractivity contribution in [3.8, 4) is 6.07 Å². The summed E-state index contributed by atoms with van der Waals surface area (Å²) in [6, 6.07) is 8.89. The number of aliphatic hydroxyl groups excluding tert-OH is 1. The van der Waals surface area contributed by atoms with Crippen LogP contribution in [-0.2, 0) is 29.9 Å². The SMILES string of the molecule is Cn1nc(C(=O)NCc2ccc(C#N)cc2)c2c1C(=O)N(CC1(S(=O)(=O)C(C)(C)C(O)CN)CC1)CC2. The van der Waals surface area contributed by atoms with Crippen LogP contribution in [0.2, 0.25) is 0 Å². The first-order chi connectivity index (χ1) is 17.4. The molecule has 0 radical (unpaired) electrons. The molecule has 2 aliphatic rings. The summed E-state index contributed by atoms with van der Waals surface area (Å²) < 4.78 is 25.8. The molecule has 1 unspecified atom stereocenters. The molecule has 0 bridgehead atoms. The van der Waals surface area contributed by atoms with Gasteiger partial charge in [0, 0.05) is 38.8 Å². The fraction of sp³-hybridized carbons (Fsp3) is 0.520. The fourth-order valence-electron chi connectivity index (χ4n) is 4.89. The van der Waals surface area contributed by atoms with Crippen LogP contribution in [0.3, 0.4) is 0 Å². The van der Waals surface area contributed by atoms with Gasteiger partial charge in [0.2, 0.25) is 0 Å². The summed E-state index contributed by atoms with van der Waals surface area (Å²) in [4.78, 5) is 27.9. The number of hydrogen-bond donors (Lipinski definition) is 3. The number of amides is 2. The van der Waals surface area contributed by atoms with E-state index in [9.17, 15) is 23.1 Å². The minimum atomic E-state index is -3.82. The van der Waals surface area contributed by atoms with E-state index in [-0.39, 0.29) is 43.5 Å².